The Morgan fingerprint density at radius 3 is 2.50 bits per heavy atom. The Morgan fingerprint density at radius 1 is 1.08 bits per heavy atom. The van der Waals surface area contributed by atoms with Crippen molar-refractivity contribution in [1.82, 2.24) is 5.32 Å². The van der Waals surface area contributed by atoms with Gasteiger partial charge in [0.2, 0.25) is 5.91 Å². The molecular formula is C18H16ClN3O2. The molecule has 1 N–H and O–H groups in total. The molecular weight excluding hydrogens is 326 g/mol. The summed E-state index contributed by atoms with van der Waals surface area (Å²) in [6, 6.07) is 16.4. The molecule has 1 heterocycles. The van der Waals surface area contributed by atoms with Gasteiger partial charge in [-0.15, -0.1) is 0 Å². The molecule has 6 heteroatoms. The molecule has 1 aliphatic heterocycles. The van der Waals surface area contributed by atoms with Crippen LogP contribution in [-0.4, -0.2) is 17.5 Å². The van der Waals surface area contributed by atoms with E-state index in [4.69, 9.17) is 11.6 Å². The fourth-order valence-corrected chi connectivity index (χ4v) is 2.51. The lowest BCUT2D eigenvalue weighted by Crippen LogP contribution is -2.38. The molecule has 3 rings (SSSR count). The number of nitrogens with zero attached hydrogens (tertiary/aromatic N) is 2. The number of hydrogen-bond donors (Lipinski definition) is 1. The standard InChI is InChI=1S/C18H16ClN3O2/c19-14-6-8-15(9-7-14)22-17(23)11-10-16(21-22)18(24)20-12-13-4-2-1-3-5-13/h1-9H,10-12H2,(H,20,24). The molecule has 0 fully saturated rings. The molecule has 0 atom stereocenters. The van der Waals surface area contributed by atoms with Crippen molar-refractivity contribution in [1.29, 1.82) is 0 Å². The largest absolute Gasteiger partial charge is 0.347 e. The van der Waals surface area contributed by atoms with Crippen LogP contribution in [0.1, 0.15) is 18.4 Å². The Labute approximate surface area is 144 Å². The molecule has 24 heavy (non-hydrogen) atoms. The van der Waals surface area contributed by atoms with Crippen molar-refractivity contribution in [2.24, 2.45) is 5.10 Å². The van der Waals surface area contributed by atoms with E-state index in [1.807, 2.05) is 30.3 Å². The van der Waals surface area contributed by atoms with Gasteiger partial charge in [0.1, 0.15) is 5.71 Å². The predicted molar refractivity (Wildman–Crippen MR) is 93.9 cm³/mol. The first kappa shape index (κ1) is 16.2. The van der Waals surface area contributed by atoms with Gasteiger partial charge in [0.15, 0.2) is 0 Å². The first-order valence-electron chi connectivity index (χ1n) is 7.61. The van der Waals surface area contributed by atoms with Crippen LogP contribution in [0.5, 0.6) is 0 Å². The predicted octanol–water partition coefficient (Wildman–Crippen LogP) is 3.14. The summed E-state index contributed by atoms with van der Waals surface area (Å²) in [4.78, 5) is 24.4. The molecule has 5 nitrogen and oxygen atoms in total. The molecule has 0 spiro atoms. The molecule has 0 radical (unpaired) electrons. The zero-order chi connectivity index (χ0) is 16.9. The number of nitrogens with one attached hydrogen (secondary N) is 1. The molecule has 0 bridgehead atoms. The van der Waals surface area contributed by atoms with Crippen LogP contribution >= 0.6 is 11.6 Å². The molecule has 0 saturated heterocycles. The van der Waals surface area contributed by atoms with Crippen LogP contribution in [-0.2, 0) is 16.1 Å². The van der Waals surface area contributed by atoms with Crippen molar-refractivity contribution in [3.05, 3.63) is 65.2 Å². The second kappa shape index (κ2) is 7.27. The lowest BCUT2D eigenvalue weighted by molar-refractivity contribution is -0.119. The molecule has 2 aromatic rings. The minimum absolute atomic E-state index is 0.142. The van der Waals surface area contributed by atoms with Gasteiger partial charge in [-0.3, -0.25) is 9.59 Å². The number of rotatable bonds is 4. The number of amides is 2. The molecule has 122 valence electrons. The van der Waals surface area contributed by atoms with Gasteiger partial charge in [-0.2, -0.15) is 5.10 Å². The van der Waals surface area contributed by atoms with Gasteiger partial charge in [0.05, 0.1) is 5.69 Å². The van der Waals surface area contributed by atoms with Crippen LogP contribution in [0.4, 0.5) is 5.69 Å². The second-order valence-electron chi connectivity index (χ2n) is 5.40. The smallest absolute Gasteiger partial charge is 0.267 e. The van der Waals surface area contributed by atoms with Crippen LogP contribution in [0.3, 0.4) is 0 Å². The molecule has 0 aliphatic carbocycles. The highest BCUT2D eigenvalue weighted by Gasteiger charge is 2.25. The summed E-state index contributed by atoms with van der Waals surface area (Å²) < 4.78 is 0. The van der Waals surface area contributed by atoms with E-state index in [-0.39, 0.29) is 18.2 Å². The number of halogens is 1. The third-order valence-corrected chi connectivity index (χ3v) is 3.91. The average Bonchev–Trinajstić information content (AvgIpc) is 2.62. The van der Waals surface area contributed by atoms with Gasteiger partial charge in [0, 0.05) is 24.4 Å². The van der Waals surface area contributed by atoms with E-state index in [2.05, 4.69) is 10.4 Å². The van der Waals surface area contributed by atoms with E-state index in [0.717, 1.165) is 5.56 Å². The monoisotopic (exact) mass is 341 g/mol. The summed E-state index contributed by atoms with van der Waals surface area (Å²) in [5.74, 6) is -0.401. The van der Waals surface area contributed by atoms with Gasteiger partial charge >= 0.3 is 0 Å². The van der Waals surface area contributed by atoms with Crippen LogP contribution in [0.15, 0.2) is 59.7 Å². The van der Waals surface area contributed by atoms with Gasteiger partial charge < -0.3 is 5.32 Å². The summed E-state index contributed by atoms with van der Waals surface area (Å²) in [5.41, 5.74) is 1.95. The fourth-order valence-electron chi connectivity index (χ4n) is 2.38. The molecule has 0 unspecified atom stereocenters. The lowest BCUT2D eigenvalue weighted by atomic mass is 10.1. The number of hydrazone groups is 1. The Hall–Kier alpha value is -2.66. The van der Waals surface area contributed by atoms with Crippen LogP contribution < -0.4 is 10.3 Å². The van der Waals surface area contributed by atoms with Crippen molar-refractivity contribution in [3.8, 4) is 0 Å². The molecule has 0 saturated carbocycles. The zero-order valence-corrected chi connectivity index (χ0v) is 13.7. The number of carbonyl (C=O) groups excluding carboxylic acids is 2. The highest BCUT2D eigenvalue weighted by molar-refractivity contribution is 6.40. The summed E-state index contributed by atoms with van der Waals surface area (Å²) in [6.07, 6.45) is 0.587. The Bertz CT molecular complexity index is 773. The fraction of sp³-hybridized carbons (Fsp3) is 0.167. The number of benzene rings is 2. The molecule has 2 amide bonds. The maximum Gasteiger partial charge on any atom is 0.267 e. The summed E-state index contributed by atoms with van der Waals surface area (Å²) in [7, 11) is 0. The van der Waals surface area contributed by atoms with E-state index < -0.39 is 0 Å². The van der Waals surface area contributed by atoms with Gasteiger partial charge in [0.25, 0.3) is 5.91 Å². The number of hydrogen-bond acceptors (Lipinski definition) is 3. The summed E-state index contributed by atoms with van der Waals surface area (Å²) in [6.45, 7) is 0.424. The van der Waals surface area contributed by atoms with Crippen LogP contribution in [0.2, 0.25) is 5.02 Å². The highest BCUT2D eigenvalue weighted by atomic mass is 35.5. The maximum absolute atomic E-state index is 12.3. The minimum atomic E-state index is -0.259. The average molecular weight is 342 g/mol. The number of anilines is 1. The van der Waals surface area contributed by atoms with Gasteiger partial charge in [-0.1, -0.05) is 41.9 Å². The Balaban J connectivity index is 1.72. The first-order chi connectivity index (χ1) is 11.6. The normalized spacial score (nSPS) is 14.3. The van der Waals surface area contributed by atoms with Gasteiger partial charge in [-0.25, -0.2) is 5.01 Å². The topological polar surface area (TPSA) is 61.8 Å². The lowest BCUT2D eigenvalue weighted by Gasteiger charge is -2.23. The van der Waals surface area contributed by atoms with Crippen LogP contribution in [0, 0.1) is 0 Å². The summed E-state index contributed by atoms with van der Waals surface area (Å²) >= 11 is 5.86. The van der Waals surface area contributed by atoms with Crippen molar-refractivity contribution in [3.63, 3.8) is 0 Å². The first-order valence-corrected chi connectivity index (χ1v) is 7.99. The SMILES string of the molecule is O=C(NCc1ccccc1)C1=NN(c2ccc(Cl)cc2)C(=O)CC1. The maximum atomic E-state index is 12.3. The van der Waals surface area contributed by atoms with Crippen molar-refractivity contribution in [2.75, 3.05) is 5.01 Å². The molecule has 0 aromatic heterocycles. The quantitative estimate of drug-likeness (QED) is 0.928. The van der Waals surface area contributed by atoms with E-state index in [9.17, 15) is 9.59 Å². The van der Waals surface area contributed by atoms with Crippen LogP contribution in [0.25, 0.3) is 0 Å². The second-order valence-corrected chi connectivity index (χ2v) is 5.83. The Morgan fingerprint density at radius 2 is 1.79 bits per heavy atom. The zero-order valence-electron chi connectivity index (χ0n) is 12.9. The highest BCUT2D eigenvalue weighted by Crippen LogP contribution is 2.22. The Kier molecular flexibility index (Phi) is 4.91. The number of carbonyl (C=O) groups is 2. The minimum Gasteiger partial charge on any atom is -0.347 e. The third kappa shape index (κ3) is 3.81. The van der Waals surface area contributed by atoms with Crippen molar-refractivity contribution < 1.29 is 9.59 Å². The van der Waals surface area contributed by atoms with E-state index in [0.29, 0.717) is 29.4 Å². The summed E-state index contributed by atoms with van der Waals surface area (Å²) in [5, 5.41) is 8.89. The van der Waals surface area contributed by atoms with E-state index in [1.165, 1.54) is 5.01 Å². The van der Waals surface area contributed by atoms with Crippen molar-refractivity contribution >= 4 is 34.8 Å². The van der Waals surface area contributed by atoms with Crippen molar-refractivity contribution in [2.45, 2.75) is 19.4 Å². The third-order valence-electron chi connectivity index (χ3n) is 3.66. The van der Waals surface area contributed by atoms with Gasteiger partial charge in [-0.05, 0) is 29.8 Å². The molecule has 2 aromatic carbocycles. The van der Waals surface area contributed by atoms with E-state index >= 15 is 0 Å². The van der Waals surface area contributed by atoms with E-state index in [1.54, 1.807) is 24.3 Å². The molecule has 1 aliphatic rings.